The minimum absolute atomic E-state index is 0.148. The van der Waals surface area contributed by atoms with Crippen LogP contribution in [0.15, 0.2) is 66.9 Å². The van der Waals surface area contributed by atoms with Gasteiger partial charge in [0.1, 0.15) is 12.4 Å². The lowest BCUT2D eigenvalue weighted by molar-refractivity contribution is 0.103. The summed E-state index contributed by atoms with van der Waals surface area (Å²) in [6.07, 6.45) is 4.42. The molecule has 0 unspecified atom stereocenters. The van der Waals surface area contributed by atoms with Crippen molar-refractivity contribution in [3.05, 3.63) is 78.2 Å². The predicted molar refractivity (Wildman–Crippen MR) is 122 cm³/mol. The summed E-state index contributed by atoms with van der Waals surface area (Å²) >= 11 is 0. The monoisotopic (exact) mass is 413 g/mol. The van der Waals surface area contributed by atoms with Crippen LogP contribution >= 0.6 is 0 Å². The third-order valence-corrected chi connectivity index (χ3v) is 5.99. The second-order valence-electron chi connectivity index (χ2n) is 8.24. The van der Waals surface area contributed by atoms with E-state index in [-0.39, 0.29) is 6.04 Å². The minimum Gasteiger partial charge on any atom is -0.481 e. The van der Waals surface area contributed by atoms with Gasteiger partial charge in [-0.05, 0) is 55.0 Å². The van der Waals surface area contributed by atoms with Crippen molar-refractivity contribution in [2.24, 2.45) is 5.92 Å². The van der Waals surface area contributed by atoms with E-state index in [1.165, 1.54) is 18.4 Å². The fourth-order valence-corrected chi connectivity index (χ4v) is 4.01. The normalized spacial score (nSPS) is 14.6. The Balaban J connectivity index is 1.56. The zero-order valence-corrected chi connectivity index (χ0v) is 18.0. The number of benzene rings is 2. The van der Waals surface area contributed by atoms with Crippen LogP contribution in [0.2, 0.25) is 0 Å². The molecular weight excluding hydrogens is 386 g/mol. The molecule has 0 radical (unpaired) electrons. The van der Waals surface area contributed by atoms with Gasteiger partial charge in [-0.2, -0.15) is 0 Å². The summed E-state index contributed by atoms with van der Waals surface area (Å²) in [7, 11) is 1.63. The van der Waals surface area contributed by atoms with Crippen molar-refractivity contribution in [3.63, 3.8) is 0 Å². The van der Waals surface area contributed by atoms with Crippen LogP contribution in [0.5, 0.6) is 5.88 Å². The number of fused-ring (bicyclic) bond motifs is 1. The molecule has 0 N–H and O–H groups in total. The summed E-state index contributed by atoms with van der Waals surface area (Å²) in [5.74, 6) is 2.32. The Morgan fingerprint density at radius 1 is 1.03 bits per heavy atom. The maximum absolute atomic E-state index is 6.03. The van der Waals surface area contributed by atoms with Crippen molar-refractivity contribution < 1.29 is 9.47 Å². The van der Waals surface area contributed by atoms with Gasteiger partial charge >= 0.3 is 0 Å². The van der Waals surface area contributed by atoms with E-state index >= 15 is 0 Å². The average Bonchev–Trinajstić information content (AvgIpc) is 3.58. The van der Waals surface area contributed by atoms with Crippen LogP contribution in [0.3, 0.4) is 0 Å². The molecule has 0 spiro atoms. The minimum atomic E-state index is 0.148. The lowest BCUT2D eigenvalue weighted by Crippen LogP contribution is -2.12. The van der Waals surface area contributed by atoms with Gasteiger partial charge in [-0.1, -0.05) is 36.4 Å². The molecule has 0 amide bonds. The highest BCUT2D eigenvalue weighted by molar-refractivity contribution is 5.83. The molecule has 2 aromatic heterocycles. The predicted octanol–water partition coefficient (Wildman–Crippen LogP) is 5.64. The van der Waals surface area contributed by atoms with Gasteiger partial charge < -0.3 is 14.0 Å². The van der Waals surface area contributed by atoms with Crippen LogP contribution < -0.4 is 4.74 Å². The Labute approximate surface area is 182 Å². The molecule has 1 saturated carbocycles. The number of nitrogens with zero attached hydrogens (tertiary/aromatic N) is 3. The highest BCUT2D eigenvalue weighted by Crippen LogP contribution is 2.32. The van der Waals surface area contributed by atoms with E-state index in [1.807, 2.05) is 18.3 Å². The second kappa shape index (κ2) is 8.52. The van der Waals surface area contributed by atoms with Crippen LogP contribution in [0.25, 0.3) is 22.2 Å². The molecule has 0 aliphatic heterocycles. The lowest BCUT2D eigenvalue weighted by atomic mass is 10.1. The Morgan fingerprint density at radius 3 is 2.55 bits per heavy atom. The first-order chi connectivity index (χ1) is 15.2. The number of ether oxygens (including phenoxy) is 2. The van der Waals surface area contributed by atoms with Crippen molar-refractivity contribution in [1.82, 2.24) is 14.5 Å². The van der Waals surface area contributed by atoms with Gasteiger partial charge in [-0.15, -0.1) is 0 Å². The van der Waals surface area contributed by atoms with Gasteiger partial charge in [0.15, 0.2) is 0 Å². The van der Waals surface area contributed by atoms with Gasteiger partial charge in [0.2, 0.25) is 5.88 Å². The number of pyridine rings is 1. The molecule has 2 aromatic carbocycles. The molecule has 31 heavy (non-hydrogen) atoms. The topological polar surface area (TPSA) is 49.2 Å². The van der Waals surface area contributed by atoms with Crippen molar-refractivity contribution in [3.8, 4) is 17.0 Å². The van der Waals surface area contributed by atoms with Crippen LogP contribution in [-0.4, -0.2) is 28.3 Å². The number of methoxy groups -OCH3 is 1. The summed E-state index contributed by atoms with van der Waals surface area (Å²) in [5.41, 5.74) is 5.50. The van der Waals surface area contributed by atoms with Crippen molar-refractivity contribution >= 4 is 11.0 Å². The van der Waals surface area contributed by atoms with E-state index < -0.39 is 0 Å². The Kier molecular flexibility index (Phi) is 5.43. The molecule has 2 heterocycles. The van der Waals surface area contributed by atoms with E-state index in [0.29, 0.717) is 12.5 Å². The van der Waals surface area contributed by atoms with Crippen LogP contribution in [0, 0.1) is 5.92 Å². The van der Waals surface area contributed by atoms with E-state index in [1.54, 1.807) is 7.11 Å². The highest BCUT2D eigenvalue weighted by Gasteiger charge is 2.23. The van der Waals surface area contributed by atoms with E-state index in [2.05, 4.69) is 65.0 Å². The van der Waals surface area contributed by atoms with Gasteiger partial charge in [-0.3, -0.25) is 0 Å². The quantitative estimate of drug-likeness (QED) is 0.375. The van der Waals surface area contributed by atoms with Crippen molar-refractivity contribution in [2.45, 2.75) is 32.4 Å². The summed E-state index contributed by atoms with van der Waals surface area (Å²) in [5, 5.41) is 0. The van der Waals surface area contributed by atoms with Gasteiger partial charge in [0.25, 0.3) is 0 Å². The van der Waals surface area contributed by atoms with Crippen LogP contribution in [-0.2, 0) is 11.3 Å². The SMILES string of the molecule is COc1ccc(-c2ccc3nc(COCC4CC4)n([C@@H](C)c4ccccc4)c3c2)cn1. The molecule has 5 heteroatoms. The second-order valence-corrected chi connectivity index (χ2v) is 8.24. The molecule has 5 nitrogen and oxygen atoms in total. The maximum Gasteiger partial charge on any atom is 0.212 e. The van der Waals surface area contributed by atoms with Gasteiger partial charge in [0, 0.05) is 24.4 Å². The zero-order chi connectivity index (χ0) is 21.2. The zero-order valence-electron chi connectivity index (χ0n) is 18.0. The van der Waals surface area contributed by atoms with E-state index in [0.717, 1.165) is 40.5 Å². The fraction of sp³-hybridized carbons (Fsp3) is 0.308. The Morgan fingerprint density at radius 2 is 1.84 bits per heavy atom. The van der Waals surface area contributed by atoms with Crippen molar-refractivity contribution in [2.75, 3.05) is 13.7 Å². The van der Waals surface area contributed by atoms with E-state index in [9.17, 15) is 0 Å². The molecule has 0 saturated heterocycles. The number of hydrogen-bond acceptors (Lipinski definition) is 4. The number of imidazole rings is 1. The Hall–Kier alpha value is -3.18. The van der Waals surface area contributed by atoms with Gasteiger partial charge in [0.05, 0.1) is 24.2 Å². The first-order valence-electron chi connectivity index (χ1n) is 10.9. The number of rotatable bonds is 8. The van der Waals surface area contributed by atoms with Crippen LogP contribution in [0.1, 0.15) is 37.2 Å². The summed E-state index contributed by atoms with van der Waals surface area (Å²) in [6, 6.07) is 21.0. The number of aromatic nitrogens is 3. The summed E-state index contributed by atoms with van der Waals surface area (Å²) in [4.78, 5) is 9.30. The third-order valence-electron chi connectivity index (χ3n) is 5.99. The summed E-state index contributed by atoms with van der Waals surface area (Å²) < 4.78 is 13.5. The molecule has 1 aliphatic rings. The average molecular weight is 414 g/mol. The molecule has 0 bridgehead atoms. The van der Waals surface area contributed by atoms with Crippen molar-refractivity contribution in [1.29, 1.82) is 0 Å². The molecule has 4 aromatic rings. The smallest absolute Gasteiger partial charge is 0.212 e. The van der Waals surface area contributed by atoms with Gasteiger partial charge in [-0.25, -0.2) is 9.97 Å². The van der Waals surface area contributed by atoms with E-state index in [4.69, 9.17) is 14.5 Å². The lowest BCUT2D eigenvalue weighted by Gasteiger charge is -2.18. The highest BCUT2D eigenvalue weighted by atomic mass is 16.5. The molecule has 1 aliphatic carbocycles. The first-order valence-corrected chi connectivity index (χ1v) is 10.9. The number of hydrogen-bond donors (Lipinski definition) is 0. The first kappa shape index (κ1) is 19.8. The maximum atomic E-state index is 6.03. The molecule has 5 rings (SSSR count). The molecular formula is C26H27N3O2. The van der Waals surface area contributed by atoms with Crippen LogP contribution in [0.4, 0.5) is 0 Å². The summed E-state index contributed by atoms with van der Waals surface area (Å²) in [6.45, 7) is 3.58. The molecule has 1 atom stereocenters. The third kappa shape index (κ3) is 4.19. The fourth-order valence-electron chi connectivity index (χ4n) is 4.01. The molecule has 158 valence electrons. The Bertz CT molecular complexity index is 1160. The molecule has 1 fully saturated rings. The standard InChI is InChI=1S/C26H27N3O2/c1-18(20-6-4-3-5-7-20)29-24-14-21(22-11-13-26(30-2)27-15-22)10-12-23(24)28-25(29)17-31-16-19-8-9-19/h3-7,10-15,18-19H,8-9,16-17H2,1-2H3/t18-/m0/s1. The largest absolute Gasteiger partial charge is 0.481 e.